The Labute approximate surface area is 158 Å². The number of amides is 1. The average molecular weight is 397 g/mol. The Kier molecular flexibility index (Phi) is 6.77. The van der Waals surface area contributed by atoms with Crippen LogP contribution in [0.15, 0.2) is 53.4 Å². The summed E-state index contributed by atoms with van der Waals surface area (Å²) < 4.78 is 25.2. The van der Waals surface area contributed by atoms with Gasteiger partial charge in [0.2, 0.25) is 0 Å². The van der Waals surface area contributed by atoms with Crippen LogP contribution < -0.4 is 0 Å². The van der Waals surface area contributed by atoms with Gasteiger partial charge in [0.05, 0.1) is 12.0 Å². The minimum Gasteiger partial charge on any atom is -0.335 e. The average Bonchev–Trinajstić information content (AvgIpc) is 2.65. The summed E-state index contributed by atoms with van der Waals surface area (Å²) in [6.07, 6.45) is 0. The van der Waals surface area contributed by atoms with Gasteiger partial charge in [0.1, 0.15) is 0 Å². The van der Waals surface area contributed by atoms with Crippen molar-refractivity contribution in [3.8, 4) is 0 Å². The van der Waals surface area contributed by atoms with Crippen LogP contribution in [-0.2, 0) is 21.4 Å². The summed E-state index contributed by atoms with van der Waals surface area (Å²) in [6.45, 7) is 2.81. The summed E-state index contributed by atoms with van der Waals surface area (Å²) in [7, 11) is -1.17. The van der Waals surface area contributed by atoms with E-state index in [4.69, 9.17) is 16.4 Å². The molecule has 1 amide bonds. The van der Waals surface area contributed by atoms with Crippen LogP contribution in [0.1, 0.15) is 22.8 Å². The Bertz CT molecular complexity index is 869. The zero-order valence-corrected chi connectivity index (χ0v) is 16.4. The van der Waals surface area contributed by atoms with Crippen LogP contribution in [0.3, 0.4) is 0 Å². The van der Waals surface area contributed by atoms with Crippen LogP contribution in [-0.4, -0.2) is 44.4 Å². The van der Waals surface area contributed by atoms with Crippen LogP contribution in [0, 0.1) is 0 Å². The number of rotatable bonds is 7. The molecule has 26 heavy (non-hydrogen) atoms. The molecular weight excluding hydrogens is 376 g/mol. The summed E-state index contributed by atoms with van der Waals surface area (Å²) in [4.78, 5) is 19.2. The SMILES string of the molecule is CCN(Cc1cccc(Cl)c1)C(=O)c1ccc(S(=O)(=O)N(C)OC)cc1. The molecule has 2 rings (SSSR count). The molecule has 0 fully saturated rings. The normalized spacial score (nSPS) is 11.6. The Balaban J connectivity index is 2.20. The molecule has 0 N–H and O–H groups in total. The summed E-state index contributed by atoms with van der Waals surface area (Å²) in [6, 6.07) is 13.1. The van der Waals surface area contributed by atoms with E-state index in [2.05, 4.69) is 0 Å². The number of nitrogens with zero attached hydrogens (tertiary/aromatic N) is 2. The highest BCUT2D eigenvalue weighted by Gasteiger charge is 2.22. The van der Waals surface area contributed by atoms with E-state index in [9.17, 15) is 13.2 Å². The van der Waals surface area contributed by atoms with E-state index >= 15 is 0 Å². The van der Waals surface area contributed by atoms with Crippen LogP contribution >= 0.6 is 11.6 Å². The fourth-order valence-electron chi connectivity index (χ4n) is 2.38. The smallest absolute Gasteiger partial charge is 0.264 e. The van der Waals surface area contributed by atoms with Crippen molar-refractivity contribution in [1.29, 1.82) is 0 Å². The summed E-state index contributed by atoms with van der Waals surface area (Å²) in [5, 5.41) is 0.614. The zero-order valence-electron chi connectivity index (χ0n) is 14.8. The number of hydrogen-bond acceptors (Lipinski definition) is 4. The number of sulfonamides is 1. The number of halogens is 1. The first-order chi connectivity index (χ1) is 12.3. The number of hydrogen-bond donors (Lipinski definition) is 0. The molecule has 0 aromatic heterocycles. The van der Waals surface area contributed by atoms with Gasteiger partial charge in [-0.05, 0) is 48.9 Å². The van der Waals surface area contributed by atoms with Crippen molar-refractivity contribution < 1.29 is 18.0 Å². The lowest BCUT2D eigenvalue weighted by Gasteiger charge is -2.21. The third kappa shape index (κ3) is 4.62. The van der Waals surface area contributed by atoms with Crippen LogP contribution in [0.25, 0.3) is 0 Å². The van der Waals surface area contributed by atoms with Gasteiger partial charge in [-0.1, -0.05) is 28.2 Å². The molecule has 0 atom stereocenters. The first-order valence-corrected chi connectivity index (χ1v) is 9.78. The molecule has 6 nitrogen and oxygen atoms in total. The zero-order chi connectivity index (χ0) is 19.3. The summed E-state index contributed by atoms with van der Waals surface area (Å²) in [5.41, 5.74) is 1.33. The van der Waals surface area contributed by atoms with E-state index in [1.165, 1.54) is 38.4 Å². The molecule has 0 heterocycles. The number of benzene rings is 2. The third-order valence-corrected chi connectivity index (χ3v) is 5.86. The Morgan fingerprint density at radius 1 is 1.15 bits per heavy atom. The van der Waals surface area contributed by atoms with E-state index in [0.29, 0.717) is 23.7 Å². The maximum atomic E-state index is 12.7. The summed E-state index contributed by atoms with van der Waals surface area (Å²) in [5.74, 6) is -0.184. The molecule has 0 unspecified atom stereocenters. The second-order valence-electron chi connectivity index (χ2n) is 5.57. The Morgan fingerprint density at radius 2 is 1.81 bits per heavy atom. The van der Waals surface area contributed by atoms with Gasteiger partial charge >= 0.3 is 0 Å². The minimum absolute atomic E-state index is 0.0521. The molecule has 140 valence electrons. The van der Waals surface area contributed by atoms with Crippen LogP contribution in [0.5, 0.6) is 0 Å². The van der Waals surface area contributed by atoms with Crippen molar-refractivity contribution in [3.63, 3.8) is 0 Å². The largest absolute Gasteiger partial charge is 0.335 e. The number of hydroxylamine groups is 1. The minimum atomic E-state index is -3.74. The predicted molar refractivity (Wildman–Crippen MR) is 100 cm³/mol. The van der Waals surface area contributed by atoms with Crippen LogP contribution in [0.2, 0.25) is 5.02 Å². The molecule has 0 aliphatic rings. The molecule has 0 aliphatic carbocycles. The van der Waals surface area contributed by atoms with E-state index in [-0.39, 0.29) is 10.8 Å². The highest BCUT2D eigenvalue weighted by Crippen LogP contribution is 2.18. The van der Waals surface area contributed by atoms with Crippen LogP contribution in [0.4, 0.5) is 0 Å². The number of carbonyl (C=O) groups excluding carboxylic acids is 1. The molecule has 8 heteroatoms. The van der Waals surface area contributed by atoms with Gasteiger partial charge in [0.15, 0.2) is 0 Å². The lowest BCUT2D eigenvalue weighted by atomic mass is 10.1. The summed E-state index contributed by atoms with van der Waals surface area (Å²) >= 11 is 5.99. The Morgan fingerprint density at radius 3 is 2.35 bits per heavy atom. The standard InChI is InChI=1S/C18H21ClN2O4S/c1-4-21(13-14-6-5-7-16(19)12-14)18(22)15-8-10-17(11-9-15)26(23,24)20(2)25-3/h5-12H,4,13H2,1-3H3. The monoisotopic (exact) mass is 396 g/mol. The second kappa shape index (κ2) is 8.64. The van der Waals surface area contributed by atoms with Gasteiger partial charge in [0.25, 0.3) is 15.9 Å². The van der Waals surface area contributed by atoms with Gasteiger partial charge in [0, 0.05) is 30.7 Å². The van der Waals surface area contributed by atoms with Crippen molar-refractivity contribution >= 4 is 27.5 Å². The lowest BCUT2D eigenvalue weighted by molar-refractivity contribution is -0.0258. The van der Waals surface area contributed by atoms with E-state index in [1.807, 2.05) is 25.1 Å². The lowest BCUT2D eigenvalue weighted by Crippen LogP contribution is -2.30. The van der Waals surface area contributed by atoms with Gasteiger partial charge in [-0.25, -0.2) is 8.42 Å². The molecule has 0 aliphatic heterocycles. The highest BCUT2D eigenvalue weighted by atomic mass is 35.5. The molecule has 0 saturated carbocycles. The molecule has 0 bridgehead atoms. The molecule has 2 aromatic rings. The maximum absolute atomic E-state index is 12.7. The second-order valence-corrected chi connectivity index (χ2v) is 7.94. The molecule has 0 spiro atoms. The van der Waals surface area contributed by atoms with Gasteiger partial charge < -0.3 is 4.90 Å². The van der Waals surface area contributed by atoms with E-state index < -0.39 is 10.0 Å². The molecule has 0 radical (unpaired) electrons. The van der Waals surface area contributed by atoms with Gasteiger partial charge in [-0.3, -0.25) is 9.63 Å². The molecule has 0 saturated heterocycles. The first kappa shape index (κ1) is 20.4. The van der Waals surface area contributed by atoms with Crippen molar-refractivity contribution in [3.05, 3.63) is 64.7 Å². The Hall–Kier alpha value is -1.93. The predicted octanol–water partition coefficient (Wildman–Crippen LogP) is 3.18. The molecule has 2 aromatic carbocycles. The van der Waals surface area contributed by atoms with E-state index in [0.717, 1.165) is 10.0 Å². The van der Waals surface area contributed by atoms with Gasteiger partial charge in [-0.15, -0.1) is 0 Å². The first-order valence-electron chi connectivity index (χ1n) is 7.96. The third-order valence-electron chi connectivity index (χ3n) is 3.93. The van der Waals surface area contributed by atoms with Crippen molar-refractivity contribution in [2.45, 2.75) is 18.4 Å². The van der Waals surface area contributed by atoms with Gasteiger partial charge in [-0.2, -0.15) is 0 Å². The molecular formula is C18H21ClN2O4S. The topological polar surface area (TPSA) is 66.9 Å². The maximum Gasteiger partial charge on any atom is 0.264 e. The number of carbonyl (C=O) groups is 1. The fraction of sp³-hybridized carbons (Fsp3) is 0.278. The van der Waals surface area contributed by atoms with Crippen molar-refractivity contribution in [2.24, 2.45) is 0 Å². The van der Waals surface area contributed by atoms with E-state index in [1.54, 1.807) is 11.0 Å². The van der Waals surface area contributed by atoms with Crippen molar-refractivity contribution in [1.82, 2.24) is 9.37 Å². The fourth-order valence-corrected chi connectivity index (χ4v) is 3.57. The quantitative estimate of drug-likeness (QED) is 0.674. The van der Waals surface area contributed by atoms with Crippen molar-refractivity contribution in [2.75, 3.05) is 20.7 Å². The highest BCUT2D eigenvalue weighted by molar-refractivity contribution is 7.89.